The Bertz CT molecular complexity index is 509. The van der Waals surface area contributed by atoms with Gasteiger partial charge in [0.05, 0.1) is 6.42 Å². The highest BCUT2D eigenvalue weighted by atomic mass is 16.5. The van der Waals surface area contributed by atoms with Crippen molar-refractivity contribution < 1.29 is 19.4 Å². The predicted molar refractivity (Wildman–Crippen MR) is 81.7 cm³/mol. The minimum Gasteiger partial charge on any atom is -0.481 e. The Labute approximate surface area is 130 Å². The van der Waals surface area contributed by atoms with E-state index in [1.165, 1.54) is 4.90 Å². The molecule has 1 heterocycles. The monoisotopic (exact) mass is 309 g/mol. The van der Waals surface area contributed by atoms with Crippen molar-refractivity contribution in [2.24, 2.45) is 0 Å². The number of nitrogens with one attached hydrogen (secondary N) is 1. The van der Waals surface area contributed by atoms with E-state index in [4.69, 9.17) is 9.84 Å². The van der Waals surface area contributed by atoms with Gasteiger partial charge in [-0.1, -0.05) is 6.07 Å². The molecule has 1 aromatic rings. The fraction of sp³-hybridized carbons (Fsp3) is 0.533. The molecule has 7 heteroatoms. The summed E-state index contributed by atoms with van der Waals surface area (Å²) in [6, 6.07) is 3.25. The molecule has 0 saturated heterocycles. The number of ether oxygens (including phenoxy) is 1. The van der Waals surface area contributed by atoms with Gasteiger partial charge in [-0.2, -0.15) is 0 Å². The molecule has 7 nitrogen and oxygen atoms in total. The first-order valence-corrected chi connectivity index (χ1v) is 7.02. The summed E-state index contributed by atoms with van der Waals surface area (Å²) in [4.78, 5) is 27.7. The average molecular weight is 309 g/mol. The number of urea groups is 1. The number of hydrogen-bond acceptors (Lipinski definition) is 4. The first-order valence-electron chi connectivity index (χ1n) is 7.02. The van der Waals surface area contributed by atoms with Crippen LogP contribution in [-0.2, 0) is 11.3 Å². The average Bonchev–Trinajstić information content (AvgIpc) is 2.42. The highest BCUT2D eigenvalue weighted by molar-refractivity contribution is 5.74. The van der Waals surface area contributed by atoms with E-state index in [0.717, 1.165) is 5.56 Å². The molecule has 0 aliphatic heterocycles. The third-order valence-electron chi connectivity index (χ3n) is 2.66. The topological polar surface area (TPSA) is 91.8 Å². The zero-order valence-corrected chi connectivity index (χ0v) is 13.4. The molecular weight excluding hydrogens is 286 g/mol. The van der Waals surface area contributed by atoms with E-state index in [1.807, 2.05) is 26.8 Å². The highest BCUT2D eigenvalue weighted by Crippen LogP contribution is 2.15. The van der Waals surface area contributed by atoms with Gasteiger partial charge in [0.1, 0.15) is 5.60 Å². The SMILES string of the molecule is CN(CCC(=O)O)C(=O)NCc1ccc(OC(C)(C)C)nc1. The van der Waals surface area contributed by atoms with Crippen molar-refractivity contribution in [2.75, 3.05) is 13.6 Å². The van der Waals surface area contributed by atoms with Crippen molar-refractivity contribution in [3.63, 3.8) is 0 Å². The number of hydrogen-bond donors (Lipinski definition) is 2. The van der Waals surface area contributed by atoms with Gasteiger partial charge in [0.2, 0.25) is 5.88 Å². The summed E-state index contributed by atoms with van der Waals surface area (Å²) in [5.74, 6) is -0.403. The molecule has 2 amide bonds. The molecular formula is C15H23N3O4. The first-order chi connectivity index (χ1) is 10.2. The van der Waals surface area contributed by atoms with Gasteiger partial charge in [-0.25, -0.2) is 9.78 Å². The summed E-state index contributed by atoms with van der Waals surface area (Å²) in [6.45, 7) is 6.30. The van der Waals surface area contributed by atoms with Crippen molar-refractivity contribution >= 4 is 12.0 Å². The number of pyridine rings is 1. The lowest BCUT2D eigenvalue weighted by Crippen LogP contribution is -2.38. The lowest BCUT2D eigenvalue weighted by molar-refractivity contribution is -0.137. The summed E-state index contributed by atoms with van der Waals surface area (Å²) < 4.78 is 5.61. The van der Waals surface area contributed by atoms with Gasteiger partial charge in [0, 0.05) is 32.4 Å². The molecule has 122 valence electrons. The largest absolute Gasteiger partial charge is 0.481 e. The maximum atomic E-state index is 11.8. The molecule has 0 fully saturated rings. The zero-order chi connectivity index (χ0) is 16.8. The van der Waals surface area contributed by atoms with E-state index >= 15 is 0 Å². The van der Waals surface area contributed by atoms with E-state index in [9.17, 15) is 9.59 Å². The summed E-state index contributed by atoms with van der Waals surface area (Å²) in [7, 11) is 1.55. The number of carbonyl (C=O) groups excluding carboxylic acids is 1. The lowest BCUT2D eigenvalue weighted by atomic mass is 10.2. The Morgan fingerprint density at radius 1 is 1.36 bits per heavy atom. The van der Waals surface area contributed by atoms with Crippen LogP contribution in [0.3, 0.4) is 0 Å². The summed E-state index contributed by atoms with van der Waals surface area (Å²) >= 11 is 0. The van der Waals surface area contributed by atoms with Crippen LogP contribution >= 0.6 is 0 Å². The Kier molecular flexibility index (Phi) is 6.15. The molecule has 0 atom stereocenters. The molecule has 1 aromatic heterocycles. The van der Waals surface area contributed by atoms with Crippen molar-refractivity contribution in [2.45, 2.75) is 39.3 Å². The van der Waals surface area contributed by atoms with Crippen LogP contribution in [0.4, 0.5) is 4.79 Å². The molecule has 0 spiro atoms. The Morgan fingerprint density at radius 3 is 2.55 bits per heavy atom. The van der Waals surface area contributed by atoms with E-state index in [0.29, 0.717) is 12.4 Å². The first kappa shape index (κ1) is 17.7. The van der Waals surface area contributed by atoms with Gasteiger partial charge in [-0.15, -0.1) is 0 Å². The Hall–Kier alpha value is -2.31. The number of carbonyl (C=O) groups is 2. The standard InChI is InChI=1S/C15H23N3O4/c1-15(2,3)22-12-6-5-11(9-16-12)10-17-14(21)18(4)8-7-13(19)20/h5-6,9H,7-8,10H2,1-4H3,(H,17,21)(H,19,20). The van der Waals surface area contributed by atoms with Gasteiger partial charge in [-0.3, -0.25) is 4.79 Å². The van der Waals surface area contributed by atoms with Crippen LogP contribution in [-0.4, -0.2) is 46.2 Å². The molecule has 0 aliphatic rings. The number of carboxylic acids is 1. The number of rotatable bonds is 6. The van der Waals surface area contributed by atoms with Crippen LogP contribution < -0.4 is 10.1 Å². The van der Waals surface area contributed by atoms with E-state index in [1.54, 1.807) is 19.3 Å². The van der Waals surface area contributed by atoms with Crippen molar-refractivity contribution in [3.05, 3.63) is 23.9 Å². The van der Waals surface area contributed by atoms with E-state index < -0.39 is 5.97 Å². The van der Waals surface area contributed by atoms with Crippen LogP contribution in [0.25, 0.3) is 0 Å². The van der Waals surface area contributed by atoms with Gasteiger partial charge in [-0.05, 0) is 26.3 Å². The van der Waals surface area contributed by atoms with Crippen molar-refractivity contribution in [1.29, 1.82) is 0 Å². The zero-order valence-electron chi connectivity index (χ0n) is 13.4. The summed E-state index contributed by atoms with van der Waals surface area (Å²) in [5.41, 5.74) is 0.525. The third-order valence-corrected chi connectivity index (χ3v) is 2.66. The Balaban J connectivity index is 2.44. The number of aromatic nitrogens is 1. The van der Waals surface area contributed by atoms with Crippen LogP contribution in [0.15, 0.2) is 18.3 Å². The fourth-order valence-corrected chi connectivity index (χ4v) is 1.57. The predicted octanol–water partition coefficient (Wildman–Crippen LogP) is 1.87. The minimum atomic E-state index is -0.932. The van der Waals surface area contributed by atoms with E-state index in [-0.39, 0.29) is 24.6 Å². The van der Waals surface area contributed by atoms with Gasteiger partial charge in [0.15, 0.2) is 0 Å². The molecule has 22 heavy (non-hydrogen) atoms. The van der Waals surface area contributed by atoms with Gasteiger partial charge >= 0.3 is 12.0 Å². The molecule has 1 rings (SSSR count). The van der Waals surface area contributed by atoms with Crippen molar-refractivity contribution in [1.82, 2.24) is 15.2 Å². The fourth-order valence-electron chi connectivity index (χ4n) is 1.57. The smallest absolute Gasteiger partial charge is 0.317 e. The van der Waals surface area contributed by atoms with E-state index in [2.05, 4.69) is 10.3 Å². The van der Waals surface area contributed by atoms with Crippen LogP contribution in [0, 0.1) is 0 Å². The number of carboxylic acid groups (broad SMARTS) is 1. The number of aliphatic carboxylic acids is 1. The maximum absolute atomic E-state index is 11.8. The van der Waals surface area contributed by atoms with Crippen LogP contribution in [0.5, 0.6) is 5.88 Å². The molecule has 0 bridgehead atoms. The van der Waals surface area contributed by atoms with Crippen molar-refractivity contribution in [3.8, 4) is 5.88 Å². The third kappa shape index (κ3) is 6.92. The molecule has 2 N–H and O–H groups in total. The summed E-state index contributed by atoms with van der Waals surface area (Å²) in [5, 5.41) is 11.3. The molecule has 0 saturated carbocycles. The van der Waals surface area contributed by atoms with Crippen LogP contribution in [0.2, 0.25) is 0 Å². The maximum Gasteiger partial charge on any atom is 0.317 e. The molecule has 0 aliphatic carbocycles. The molecule has 0 radical (unpaired) electrons. The quantitative estimate of drug-likeness (QED) is 0.837. The molecule has 0 unspecified atom stereocenters. The second-order valence-electron chi connectivity index (χ2n) is 5.94. The van der Waals surface area contributed by atoms with Gasteiger partial charge < -0.3 is 20.1 Å². The summed E-state index contributed by atoms with van der Waals surface area (Å²) in [6.07, 6.45) is 1.56. The second-order valence-corrected chi connectivity index (χ2v) is 5.94. The Morgan fingerprint density at radius 2 is 2.05 bits per heavy atom. The minimum absolute atomic E-state index is 0.0791. The van der Waals surface area contributed by atoms with Gasteiger partial charge in [0.25, 0.3) is 0 Å². The van der Waals surface area contributed by atoms with Crippen LogP contribution in [0.1, 0.15) is 32.8 Å². The highest BCUT2D eigenvalue weighted by Gasteiger charge is 2.13. The molecule has 0 aromatic carbocycles. The normalized spacial score (nSPS) is 10.9. The number of nitrogens with zero attached hydrogens (tertiary/aromatic N) is 2. The number of amides is 2. The lowest BCUT2D eigenvalue weighted by Gasteiger charge is -2.20. The second kappa shape index (κ2) is 7.63.